The van der Waals surface area contributed by atoms with Gasteiger partial charge in [0.2, 0.25) is 0 Å². The molecule has 2 rings (SSSR count). The van der Waals surface area contributed by atoms with E-state index in [0.29, 0.717) is 6.04 Å². The third-order valence-electron chi connectivity index (χ3n) is 2.70. The summed E-state index contributed by atoms with van der Waals surface area (Å²) in [7, 11) is 1.96. The number of hydrogen-bond donors (Lipinski definition) is 1. The van der Waals surface area contributed by atoms with Gasteiger partial charge in [-0.25, -0.2) is 0 Å². The van der Waals surface area contributed by atoms with Crippen molar-refractivity contribution < 1.29 is 0 Å². The first-order chi connectivity index (χ1) is 6.79. The van der Waals surface area contributed by atoms with E-state index < -0.39 is 0 Å². The van der Waals surface area contributed by atoms with Crippen LogP contribution in [-0.4, -0.2) is 35.5 Å². The van der Waals surface area contributed by atoms with Gasteiger partial charge < -0.3 is 10.2 Å². The lowest BCUT2D eigenvalue weighted by atomic mass is 10.3. The van der Waals surface area contributed by atoms with Crippen molar-refractivity contribution in [2.75, 3.05) is 24.5 Å². The molecule has 1 aromatic rings. The molecule has 0 spiro atoms. The van der Waals surface area contributed by atoms with Gasteiger partial charge in [0.15, 0.2) is 5.82 Å². The first-order valence-corrected chi connectivity index (χ1v) is 5.27. The van der Waals surface area contributed by atoms with E-state index >= 15 is 0 Å². The Hall–Kier alpha value is -1.03. The second-order valence-corrected chi connectivity index (χ2v) is 3.84. The Morgan fingerprint density at radius 3 is 3.14 bits per heavy atom. The molecule has 0 bridgehead atoms. The van der Waals surface area contributed by atoms with Crippen LogP contribution in [0.5, 0.6) is 0 Å². The second kappa shape index (κ2) is 4.00. The molecule has 1 aliphatic heterocycles. The molecular weight excluding hydrogens is 176 g/mol. The number of aryl methyl sites for hydroxylation is 1. The molecule has 1 aromatic heterocycles. The molecule has 0 saturated carbocycles. The van der Waals surface area contributed by atoms with Crippen molar-refractivity contribution in [1.29, 1.82) is 0 Å². The maximum Gasteiger partial charge on any atom is 0.150 e. The summed E-state index contributed by atoms with van der Waals surface area (Å²) in [4.78, 5) is 2.34. The molecule has 4 heteroatoms. The van der Waals surface area contributed by atoms with E-state index in [1.165, 1.54) is 6.42 Å². The molecular formula is C10H18N4. The number of anilines is 1. The van der Waals surface area contributed by atoms with E-state index in [-0.39, 0.29) is 0 Å². The van der Waals surface area contributed by atoms with Crippen LogP contribution in [0.1, 0.15) is 13.3 Å². The zero-order valence-electron chi connectivity index (χ0n) is 8.90. The maximum atomic E-state index is 4.40. The third kappa shape index (κ3) is 1.90. The molecule has 0 aliphatic carbocycles. The first kappa shape index (κ1) is 9.52. The molecule has 1 fully saturated rings. The minimum Gasteiger partial charge on any atom is -0.354 e. The first-order valence-electron chi connectivity index (χ1n) is 5.27. The largest absolute Gasteiger partial charge is 0.354 e. The van der Waals surface area contributed by atoms with Crippen LogP contribution in [0.4, 0.5) is 5.82 Å². The normalized spacial score (nSPS) is 21.9. The fraction of sp³-hybridized carbons (Fsp3) is 0.700. The summed E-state index contributed by atoms with van der Waals surface area (Å²) in [6.45, 7) is 5.42. The Labute approximate surface area is 84.9 Å². The Bertz CT molecular complexity index is 294. The molecule has 1 atom stereocenters. The summed E-state index contributed by atoms with van der Waals surface area (Å²) in [6, 6.07) is 2.72. The molecule has 1 aliphatic rings. The van der Waals surface area contributed by atoms with Crippen LogP contribution >= 0.6 is 0 Å². The van der Waals surface area contributed by atoms with Gasteiger partial charge in [-0.15, -0.1) is 0 Å². The van der Waals surface area contributed by atoms with E-state index in [1.54, 1.807) is 0 Å². The Morgan fingerprint density at radius 2 is 2.50 bits per heavy atom. The van der Waals surface area contributed by atoms with Gasteiger partial charge in [-0.2, -0.15) is 5.10 Å². The van der Waals surface area contributed by atoms with E-state index in [9.17, 15) is 0 Å². The number of likely N-dealkylation sites (N-methyl/N-ethyl adjacent to an activating group) is 1. The minimum absolute atomic E-state index is 0.641. The van der Waals surface area contributed by atoms with Crippen molar-refractivity contribution in [3.05, 3.63) is 12.3 Å². The quantitative estimate of drug-likeness (QED) is 0.765. The second-order valence-electron chi connectivity index (χ2n) is 3.84. The molecule has 1 saturated heterocycles. The highest BCUT2D eigenvalue weighted by atomic mass is 15.3. The van der Waals surface area contributed by atoms with Crippen LogP contribution in [-0.2, 0) is 7.05 Å². The van der Waals surface area contributed by atoms with E-state index in [0.717, 1.165) is 25.5 Å². The highest BCUT2D eigenvalue weighted by Crippen LogP contribution is 2.17. The van der Waals surface area contributed by atoms with Gasteiger partial charge in [0, 0.05) is 38.4 Å². The monoisotopic (exact) mass is 194 g/mol. The predicted molar refractivity (Wildman–Crippen MR) is 57.5 cm³/mol. The number of rotatable bonds is 3. The Morgan fingerprint density at radius 1 is 1.64 bits per heavy atom. The smallest absolute Gasteiger partial charge is 0.150 e. The summed E-state index contributed by atoms with van der Waals surface area (Å²) in [5.41, 5.74) is 0. The van der Waals surface area contributed by atoms with Crippen LogP contribution in [0.2, 0.25) is 0 Å². The van der Waals surface area contributed by atoms with Gasteiger partial charge in [-0.1, -0.05) is 6.92 Å². The Balaban J connectivity index is 1.95. The zero-order valence-corrected chi connectivity index (χ0v) is 8.90. The molecule has 14 heavy (non-hydrogen) atoms. The van der Waals surface area contributed by atoms with Crippen molar-refractivity contribution in [3.63, 3.8) is 0 Å². The highest BCUT2D eigenvalue weighted by Gasteiger charge is 2.22. The van der Waals surface area contributed by atoms with Gasteiger partial charge in [0.1, 0.15) is 0 Å². The lowest BCUT2D eigenvalue weighted by Gasteiger charge is -2.15. The highest BCUT2D eigenvalue weighted by molar-refractivity contribution is 5.38. The predicted octanol–water partition coefficient (Wildman–Crippen LogP) is 0.608. The maximum absolute atomic E-state index is 4.40. The van der Waals surface area contributed by atoms with Crippen molar-refractivity contribution in [1.82, 2.24) is 15.1 Å². The molecule has 4 nitrogen and oxygen atoms in total. The molecule has 2 heterocycles. The van der Waals surface area contributed by atoms with Crippen LogP contribution in [0.15, 0.2) is 12.3 Å². The van der Waals surface area contributed by atoms with Gasteiger partial charge in [0.05, 0.1) is 0 Å². The summed E-state index contributed by atoms with van der Waals surface area (Å²) >= 11 is 0. The molecule has 0 radical (unpaired) electrons. The van der Waals surface area contributed by atoms with Crippen LogP contribution in [0.25, 0.3) is 0 Å². The van der Waals surface area contributed by atoms with E-state index in [2.05, 4.69) is 28.3 Å². The van der Waals surface area contributed by atoms with Crippen molar-refractivity contribution >= 4 is 5.82 Å². The molecule has 0 amide bonds. The summed E-state index contributed by atoms with van der Waals surface area (Å²) in [5, 5.41) is 7.88. The van der Waals surface area contributed by atoms with Crippen LogP contribution in [0, 0.1) is 0 Å². The summed E-state index contributed by atoms with van der Waals surface area (Å²) in [5.74, 6) is 1.10. The summed E-state index contributed by atoms with van der Waals surface area (Å²) in [6.07, 6.45) is 3.22. The average molecular weight is 194 g/mol. The number of aromatic nitrogens is 2. The molecule has 1 unspecified atom stereocenters. The zero-order chi connectivity index (χ0) is 9.97. The van der Waals surface area contributed by atoms with E-state index in [1.807, 2.05) is 17.9 Å². The fourth-order valence-corrected chi connectivity index (χ4v) is 2.00. The standard InChI is InChI=1S/C10H18N4/c1-3-11-9-4-7-14(8-9)10-5-6-13(2)12-10/h5-6,9,11H,3-4,7-8H2,1-2H3. The van der Waals surface area contributed by atoms with Crippen molar-refractivity contribution in [2.45, 2.75) is 19.4 Å². The number of hydrogen-bond acceptors (Lipinski definition) is 3. The summed E-state index contributed by atoms with van der Waals surface area (Å²) < 4.78 is 1.86. The van der Waals surface area contributed by atoms with Crippen LogP contribution < -0.4 is 10.2 Å². The minimum atomic E-state index is 0.641. The number of nitrogens with zero attached hydrogens (tertiary/aromatic N) is 3. The fourth-order valence-electron chi connectivity index (χ4n) is 2.00. The average Bonchev–Trinajstić information content (AvgIpc) is 2.74. The van der Waals surface area contributed by atoms with Gasteiger partial charge >= 0.3 is 0 Å². The third-order valence-corrected chi connectivity index (χ3v) is 2.70. The topological polar surface area (TPSA) is 33.1 Å². The van der Waals surface area contributed by atoms with Crippen molar-refractivity contribution in [3.8, 4) is 0 Å². The molecule has 0 aromatic carbocycles. The van der Waals surface area contributed by atoms with Crippen molar-refractivity contribution in [2.24, 2.45) is 7.05 Å². The van der Waals surface area contributed by atoms with Crippen LogP contribution in [0.3, 0.4) is 0 Å². The molecule has 78 valence electrons. The molecule has 1 N–H and O–H groups in total. The van der Waals surface area contributed by atoms with Gasteiger partial charge in [-0.05, 0) is 13.0 Å². The van der Waals surface area contributed by atoms with Gasteiger partial charge in [-0.3, -0.25) is 4.68 Å². The Kier molecular flexibility index (Phi) is 2.72. The lowest BCUT2D eigenvalue weighted by molar-refractivity contribution is 0.571. The van der Waals surface area contributed by atoms with E-state index in [4.69, 9.17) is 0 Å². The lowest BCUT2D eigenvalue weighted by Crippen LogP contribution is -2.32. The van der Waals surface area contributed by atoms with Gasteiger partial charge in [0.25, 0.3) is 0 Å². The SMILES string of the molecule is CCNC1CCN(c2ccn(C)n2)C1. The number of nitrogens with one attached hydrogen (secondary N) is 1.